The molecule has 1 aromatic carbocycles. The highest BCUT2D eigenvalue weighted by atomic mass is 19.4. The van der Waals surface area contributed by atoms with E-state index in [0.29, 0.717) is 6.07 Å². The lowest BCUT2D eigenvalue weighted by molar-refractivity contribution is -0.140. The van der Waals surface area contributed by atoms with Crippen LogP contribution in [0, 0.1) is 5.82 Å². The second-order valence-corrected chi connectivity index (χ2v) is 3.87. The minimum absolute atomic E-state index is 0.272. The number of alkyl halides is 3. The van der Waals surface area contributed by atoms with Crippen LogP contribution in [-0.2, 0) is 10.9 Å². The third-order valence-electron chi connectivity index (χ3n) is 2.52. The van der Waals surface area contributed by atoms with E-state index in [4.69, 9.17) is 4.74 Å². The molecule has 98 valence electrons. The van der Waals surface area contributed by atoms with Gasteiger partial charge in [-0.3, -0.25) is 4.79 Å². The number of hydrogen-bond donors (Lipinski definition) is 1. The highest BCUT2D eigenvalue weighted by Gasteiger charge is 2.36. The van der Waals surface area contributed by atoms with Gasteiger partial charge in [-0.15, -0.1) is 0 Å². The van der Waals surface area contributed by atoms with Gasteiger partial charge in [-0.1, -0.05) is 6.07 Å². The van der Waals surface area contributed by atoms with E-state index in [9.17, 15) is 22.4 Å². The van der Waals surface area contributed by atoms with Crippen LogP contribution in [-0.4, -0.2) is 25.2 Å². The average Bonchev–Trinajstić information content (AvgIpc) is 2.21. The second-order valence-electron chi connectivity index (χ2n) is 3.87. The molecule has 0 saturated carbocycles. The van der Waals surface area contributed by atoms with Crippen molar-refractivity contribution in [2.24, 2.45) is 0 Å². The summed E-state index contributed by atoms with van der Waals surface area (Å²) in [5.41, 5.74) is -2.06. The van der Waals surface area contributed by atoms with Crippen molar-refractivity contribution < 1.29 is 27.1 Å². The number of nitrogens with one attached hydrogen (secondary N) is 1. The predicted octanol–water partition coefficient (Wildman–Crippen LogP) is 1.97. The van der Waals surface area contributed by atoms with Gasteiger partial charge in [-0.05, 0) is 12.1 Å². The topological polar surface area (TPSA) is 38.3 Å². The zero-order valence-electron chi connectivity index (χ0n) is 9.05. The summed E-state index contributed by atoms with van der Waals surface area (Å²) >= 11 is 0. The van der Waals surface area contributed by atoms with E-state index in [0.717, 1.165) is 12.1 Å². The summed E-state index contributed by atoms with van der Waals surface area (Å²) in [4.78, 5) is 11.6. The number of halogens is 4. The Morgan fingerprint density at radius 2 is 2.00 bits per heavy atom. The molecular weight excluding hydrogens is 254 g/mol. The summed E-state index contributed by atoms with van der Waals surface area (Å²) < 4.78 is 55.7. The van der Waals surface area contributed by atoms with Gasteiger partial charge in [-0.2, -0.15) is 13.2 Å². The molecule has 1 aliphatic heterocycles. The van der Waals surface area contributed by atoms with Crippen LogP contribution >= 0.6 is 0 Å². The maximum absolute atomic E-state index is 13.6. The van der Waals surface area contributed by atoms with Crippen molar-refractivity contribution >= 4 is 5.91 Å². The molecule has 7 heteroatoms. The van der Waals surface area contributed by atoms with Crippen LogP contribution < -0.4 is 5.32 Å². The third-order valence-corrected chi connectivity index (χ3v) is 2.52. The molecule has 3 nitrogen and oxygen atoms in total. The Labute approximate surface area is 99.7 Å². The van der Waals surface area contributed by atoms with Crippen LogP contribution in [0.15, 0.2) is 18.2 Å². The Morgan fingerprint density at radius 3 is 2.50 bits per heavy atom. The number of amides is 1. The predicted molar refractivity (Wildman–Crippen MR) is 53.5 cm³/mol. The fraction of sp³-hybridized carbons (Fsp3) is 0.364. The summed E-state index contributed by atoms with van der Waals surface area (Å²) in [5, 5.41) is 2.38. The number of carbonyl (C=O) groups is 1. The van der Waals surface area contributed by atoms with Crippen molar-refractivity contribution in [3.63, 3.8) is 0 Å². The van der Waals surface area contributed by atoms with Crippen LogP contribution in [0.25, 0.3) is 0 Å². The molecule has 0 radical (unpaired) electrons. The summed E-state index contributed by atoms with van der Waals surface area (Å²) in [7, 11) is 0. The first kappa shape index (κ1) is 12.8. The first-order chi connectivity index (χ1) is 8.39. The molecule has 1 aromatic rings. The zero-order chi connectivity index (χ0) is 13.3. The van der Waals surface area contributed by atoms with Crippen LogP contribution in [0.3, 0.4) is 0 Å². The number of benzene rings is 1. The number of hydrogen-bond acceptors (Lipinski definition) is 2. The maximum atomic E-state index is 13.6. The van der Waals surface area contributed by atoms with Gasteiger partial charge in [0.25, 0.3) is 5.91 Å². The second kappa shape index (κ2) is 4.56. The van der Waals surface area contributed by atoms with Crippen LogP contribution in [0.1, 0.15) is 15.9 Å². The molecular formula is C11H9F4NO2. The van der Waals surface area contributed by atoms with E-state index in [2.05, 4.69) is 5.32 Å². The minimum Gasteiger partial charge on any atom is -0.377 e. The van der Waals surface area contributed by atoms with E-state index in [1.165, 1.54) is 0 Å². The molecule has 0 bridgehead atoms. The SMILES string of the molecule is O=C(NC1COC1)c1cccc(C(F)(F)F)c1F. The smallest absolute Gasteiger partial charge is 0.377 e. The van der Waals surface area contributed by atoms with Crippen molar-refractivity contribution in [1.29, 1.82) is 0 Å². The molecule has 0 atom stereocenters. The molecule has 0 aromatic heterocycles. The normalized spacial score (nSPS) is 16.2. The quantitative estimate of drug-likeness (QED) is 0.828. The largest absolute Gasteiger partial charge is 0.419 e. The Bertz CT molecular complexity index is 469. The molecule has 1 N–H and O–H groups in total. The van der Waals surface area contributed by atoms with E-state index in [-0.39, 0.29) is 19.3 Å². The summed E-state index contributed by atoms with van der Waals surface area (Å²) in [6.45, 7) is 0.568. The van der Waals surface area contributed by atoms with Crippen molar-refractivity contribution in [2.75, 3.05) is 13.2 Å². The molecule has 0 unspecified atom stereocenters. The van der Waals surface area contributed by atoms with Crippen molar-refractivity contribution in [3.05, 3.63) is 35.1 Å². The molecule has 1 heterocycles. The lowest BCUT2D eigenvalue weighted by atomic mass is 10.1. The molecule has 0 aliphatic carbocycles. The first-order valence-corrected chi connectivity index (χ1v) is 5.14. The van der Waals surface area contributed by atoms with Crippen molar-refractivity contribution in [2.45, 2.75) is 12.2 Å². The summed E-state index contributed by atoms with van der Waals surface area (Å²) in [5.74, 6) is -2.42. The molecule has 1 saturated heterocycles. The first-order valence-electron chi connectivity index (χ1n) is 5.14. The van der Waals surface area contributed by atoms with Gasteiger partial charge in [0.05, 0.1) is 30.4 Å². The van der Waals surface area contributed by atoms with E-state index >= 15 is 0 Å². The fourth-order valence-electron chi connectivity index (χ4n) is 1.51. The zero-order valence-corrected chi connectivity index (χ0v) is 9.05. The van der Waals surface area contributed by atoms with E-state index in [1.807, 2.05) is 0 Å². The van der Waals surface area contributed by atoms with Gasteiger partial charge in [0.2, 0.25) is 0 Å². The van der Waals surface area contributed by atoms with Gasteiger partial charge in [0, 0.05) is 0 Å². The Balaban J connectivity index is 2.25. The highest BCUT2D eigenvalue weighted by molar-refractivity contribution is 5.95. The maximum Gasteiger partial charge on any atom is 0.419 e. The Hall–Kier alpha value is -1.63. The molecule has 18 heavy (non-hydrogen) atoms. The third kappa shape index (κ3) is 2.45. The van der Waals surface area contributed by atoms with Crippen molar-refractivity contribution in [1.82, 2.24) is 5.32 Å². The molecule has 0 spiro atoms. The number of rotatable bonds is 2. The average molecular weight is 263 g/mol. The summed E-state index contributed by atoms with van der Waals surface area (Å²) in [6, 6.07) is 2.34. The number of carbonyl (C=O) groups excluding carboxylic acids is 1. The van der Waals surface area contributed by atoms with Gasteiger partial charge in [0.1, 0.15) is 5.82 Å². The van der Waals surface area contributed by atoms with E-state index in [1.54, 1.807) is 0 Å². The molecule has 1 amide bonds. The monoisotopic (exact) mass is 263 g/mol. The van der Waals surface area contributed by atoms with E-state index < -0.39 is 29.0 Å². The highest BCUT2D eigenvalue weighted by Crippen LogP contribution is 2.32. The van der Waals surface area contributed by atoms with Crippen LogP contribution in [0.4, 0.5) is 17.6 Å². The van der Waals surface area contributed by atoms with Gasteiger partial charge < -0.3 is 10.1 Å². The van der Waals surface area contributed by atoms with Crippen molar-refractivity contribution in [3.8, 4) is 0 Å². The number of ether oxygens (including phenoxy) is 1. The fourth-order valence-corrected chi connectivity index (χ4v) is 1.51. The van der Waals surface area contributed by atoms with Crippen LogP contribution in [0.2, 0.25) is 0 Å². The van der Waals surface area contributed by atoms with Gasteiger partial charge in [0.15, 0.2) is 0 Å². The van der Waals surface area contributed by atoms with Gasteiger partial charge in [-0.25, -0.2) is 4.39 Å². The molecule has 1 aliphatic rings. The van der Waals surface area contributed by atoms with Gasteiger partial charge >= 0.3 is 6.18 Å². The van der Waals surface area contributed by atoms with Crippen LogP contribution in [0.5, 0.6) is 0 Å². The lowest BCUT2D eigenvalue weighted by Crippen LogP contribution is -2.48. The summed E-state index contributed by atoms with van der Waals surface area (Å²) in [6.07, 6.45) is -4.82. The molecule has 2 rings (SSSR count). The Kier molecular flexibility index (Phi) is 3.25. The standard InChI is InChI=1S/C11H9F4NO2/c12-9-7(10(17)16-6-4-18-5-6)2-1-3-8(9)11(13,14)15/h1-3,6H,4-5H2,(H,16,17). The lowest BCUT2D eigenvalue weighted by Gasteiger charge is -2.26. The minimum atomic E-state index is -4.82. The Morgan fingerprint density at radius 1 is 1.33 bits per heavy atom. The molecule has 1 fully saturated rings.